The van der Waals surface area contributed by atoms with E-state index in [2.05, 4.69) is 9.97 Å². The molecule has 6 nitrogen and oxygen atoms in total. The molecule has 21 heavy (non-hydrogen) atoms. The number of nitrogen functional groups attached to an aromatic ring is 1. The van der Waals surface area contributed by atoms with Gasteiger partial charge in [0.1, 0.15) is 11.6 Å². The molecule has 1 saturated carbocycles. The van der Waals surface area contributed by atoms with Crippen molar-refractivity contribution in [3.63, 3.8) is 0 Å². The summed E-state index contributed by atoms with van der Waals surface area (Å²) in [5.74, 6) is 0.607. The summed E-state index contributed by atoms with van der Waals surface area (Å²) in [5.41, 5.74) is 5.75. The number of rotatable bonds is 4. The fraction of sp³-hybridized carbons (Fsp3) is 0.667. The van der Waals surface area contributed by atoms with Crippen molar-refractivity contribution in [2.75, 3.05) is 12.3 Å². The molecular formula is C15H23N3O3. The van der Waals surface area contributed by atoms with Gasteiger partial charge in [0.15, 0.2) is 0 Å². The maximum absolute atomic E-state index is 12.1. The number of hydrogen-bond acceptors (Lipinski definition) is 5. The van der Waals surface area contributed by atoms with Gasteiger partial charge in [0.05, 0.1) is 18.6 Å². The number of aromatic nitrogens is 2. The van der Waals surface area contributed by atoms with Crippen LogP contribution in [0.3, 0.4) is 0 Å². The molecule has 0 radical (unpaired) electrons. The predicted octanol–water partition coefficient (Wildman–Crippen LogP) is 1.90. The number of nitrogens with zero attached hydrogens (tertiary/aromatic N) is 1. The van der Waals surface area contributed by atoms with Crippen molar-refractivity contribution in [2.24, 2.45) is 0 Å². The van der Waals surface area contributed by atoms with Crippen LogP contribution < -0.4 is 11.3 Å². The van der Waals surface area contributed by atoms with Crippen molar-refractivity contribution in [1.29, 1.82) is 0 Å². The average molecular weight is 293 g/mol. The molecule has 1 aliphatic rings. The van der Waals surface area contributed by atoms with E-state index in [1.165, 1.54) is 12.8 Å². The lowest BCUT2D eigenvalue weighted by Crippen LogP contribution is -2.24. The van der Waals surface area contributed by atoms with Crippen molar-refractivity contribution < 1.29 is 9.53 Å². The molecule has 0 unspecified atom stereocenters. The zero-order chi connectivity index (χ0) is 15.2. The van der Waals surface area contributed by atoms with Gasteiger partial charge in [-0.3, -0.25) is 9.59 Å². The van der Waals surface area contributed by atoms with Crippen LogP contribution in [-0.4, -0.2) is 22.5 Å². The quantitative estimate of drug-likeness (QED) is 0.652. The summed E-state index contributed by atoms with van der Waals surface area (Å²) in [5, 5.41) is 0. The fourth-order valence-corrected chi connectivity index (χ4v) is 2.81. The number of esters is 1. The van der Waals surface area contributed by atoms with E-state index in [9.17, 15) is 9.59 Å². The van der Waals surface area contributed by atoms with Crippen LogP contribution in [-0.2, 0) is 16.0 Å². The number of carbonyl (C=O) groups excluding carboxylic acids is 1. The summed E-state index contributed by atoms with van der Waals surface area (Å²) in [7, 11) is 0. The molecule has 1 fully saturated rings. The molecule has 0 bridgehead atoms. The molecule has 1 aromatic heterocycles. The summed E-state index contributed by atoms with van der Waals surface area (Å²) in [4.78, 5) is 30.8. The predicted molar refractivity (Wildman–Crippen MR) is 80.1 cm³/mol. The van der Waals surface area contributed by atoms with E-state index in [-0.39, 0.29) is 35.9 Å². The summed E-state index contributed by atoms with van der Waals surface area (Å²) in [6.07, 6.45) is 6.69. The first-order chi connectivity index (χ1) is 10.1. The van der Waals surface area contributed by atoms with E-state index in [4.69, 9.17) is 10.5 Å². The van der Waals surface area contributed by atoms with Gasteiger partial charge in [-0.2, -0.15) is 0 Å². The van der Waals surface area contributed by atoms with Crippen LogP contribution in [0.5, 0.6) is 0 Å². The maximum atomic E-state index is 12.1. The van der Waals surface area contributed by atoms with Crippen LogP contribution in [0.1, 0.15) is 62.8 Å². The molecular weight excluding hydrogens is 270 g/mol. The molecule has 0 saturated heterocycles. The highest BCUT2D eigenvalue weighted by molar-refractivity contribution is 5.74. The largest absolute Gasteiger partial charge is 0.466 e. The molecule has 0 aliphatic heterocycles. The third kappa shape index (κ3) is 4.06. The lowest BCUT2D eigenvalue weighted by Gasteiger charge is -2.14. The van der Waals surface area contributed by atoms with Crippen molar-refractivity contribution in [1.82, 2.24) is 9.97 Å². The standard InChI is InChI=1S/C15H23N3O3/c1-2-21-12(19)9-11-13(16)17-14(18-15(11)20)10-7-5-3-4-6-8-10/h10H,2-9H2,1H3,(H3,16,17,18,20). The number of aromatic amines is 1. The van der Waals surface area contributed by atoms with E-state index in [1.54, 1.807) is 6.92 Å². The third-order valence-corrected chi connectivity index (χ3v) is 3.93. The second-order valence-electron chi connectivity index (χ2n) is 5.49. The van der Waals surface area contributed by atoms with Crippen LogP contribution >= 0.6 is 0 Å². The number of H-pyrrole nitrogens is 1. The van der Waals surface area contributed by atoms with Gasteiger partial charge in [0.25, 0.3) is 5.56 Å². The van der Waals surface area contributed by atoms with E-state index < -0.39 is 5.97 Å². The van der Waals surface area contributed by atoms with Gasteiger partial charge in [0, 0.05) is 5.92 Å². The Balaban J connectivity index is 2.19. The molecule has 1 aromatic rings. The van der Waals surface area contributed by atoms with Gasteiger partial charge in [0.2, 0.25) is 0 Å². The fourth-order valence-electron chi connectivity index (χ4n) is 2.81. The number of anilines is 1. The summed E-state index contributed by atoms with van der Waals surface area (Å²) in [6.45, 7) is 2.00. The SMILES string of the molecule is CCOC(=O)Cc1c(N)nc(C2CCCCCC2)[nH]c1=O. The molecule has 3 N–H and O–H groups in total. The summed E-state index contributed by atoms with van der Waals surface area (Å²) < 4.78 is 4.84. The molecule has 1 heterocycles. The first kappa shape index (κ1) is 15.5. The summed E-state index contributed by atoms with van der Waals surface area (Å²) in [6, 6.07) is 0. The van der Waals surface area contributed by atoms with Gasteiger partial charge in [-0.1, -0.05) is 25.7 Å². The Morgan fingerprint density at radius 3 is 2.57 bits per heavy atom. The number of hydrogen-bond donors (Lipinski definition) is 2. The molecule has 0 atom stereocenters. The van der Waals surface area contributed by atoms with Gasteiger partial charge >= 0.3 is 5.97 Å². The highest BCUT2D eigenvalue weighted by Crippen LogP contribution is 2.29. The second kappa shape index (κ2) is 7.24. The minimum atomic E-state index is -0.460. The van der Waals surface area contributed by atoms with E-state index in [0.717, 1.165) is 25.7 Å². The van der Waals surface area contributed by atoms with Crippen molar-refractivity contribution in [2.45, 2.75) is 57.8 Å². The Hall–Kier alpha value is -1.85. The van der Waals surface area contributed by atoms with Gasteiger partial charge in [-0.05, 0) is 19.8 Å². The molecule has 2 rings (SSSR count). The highest BCUT2D eigenvalue weighted by Gasteiger charge is 2.20. The van der Waals surface area contributed by atoms with E-state index in [1.807, 2.05) is 0 Å². The van der Waals surface area contributed by atoms with Crippen LogP contribution in [0, 0.1) is 0 Å². The van der Waals surface area contributed by atoms with Crippen LogP contribution in [0.15, 0.2) is 4.79 Å². The van der Waals surface area contributed by atoms with Gasteiger partial charge < -0.3 is 15.5 Å². The van der Waals surface area contributed by atoms with Crippen LogP contribution in [0.4, 0.5) is 5.82 Å². The number of nitrogens with one attached hydrogen (secondary N) is 1. The third-order valence-electron chi connectivity index (χ3n) is 3.93. The number of ether oxygens (including phenoxy) is 1. The zero-order valence-electron chi connectivity index (χ0n) is 12.5. The van der Waals surface area contributed by atoms with Crippen molar-refractivity contribution in [3.8, 4) is 0 Å². The monoisotopic (exact) mass is 293 g/mol. The Morgan fingerprint density at radius 1 is 1.33 bits per heavy atom. The Morgan fingerprint density at radius 2 is 2.00 bits per heavy atom. The summed E-state index contributed by atoms with van der Waals surface area (Å²) >= 11 is 0. The van der Waals surface area contributed by atoms with Crippen LogP contribution in [0.25, 0.3) is 0 Å². The minimum Gasteiger partial charge on any atom is -0.466 e. The Labute approximate surface area is 124 Å². The lowest BCUT2D eigenvalue weighted by molar-refractivity contribution is -0.142. The molecule has 0 amide bonds. The van der Waals surface area contributed by atoms with Crippen molar-refractivity contribution >= 4 is 11.8 Å². The lowest BCUT2D eigenvalue weighted by atomic mass is 9.99. The molecule has 116 valence electrons. The minimum absolute atomic E-state index is 0.132. The molecule has 0 spiro atoms. The smallest absolute Gasteiger partial charge is 0.310 e. The normalized spacial score (nSPS) is 16.4. The average Bonchev–Trinajstić information content (AvgIpc) is 2.72. The maximum Gasteiger partial charge on any atom is 0.310 e. The Bertz CT molecular complexity index is 546. The molecule has 0 aromatic carbocycles. The van der Waals surface area contributed by atoms with E-state index >= 15 is 0 Å². The first-order valence-corrected chi connectivity index (χ1v) is 7.66. The molecule has 6 heteroatoms. The van der Waals surface area contributed by atoms with E-state index in [0.29, 0.717) is 5.82 Å². The molecule has 1 aliphatic carbocycles. The van der Waals surface area contributed by atoms with Crippen molar-refractivity contribution in [3.05, 3.63) is 21.7 Å². The second-order valence-corrected chi connectivity index (χ2v) is 5.49. The van der Waals surface area contributed by atoms with Gasteiger partial charge in [-0.15, -0.1) is 0 Å². The Kier molecular flexibility index (Phi) is 5.36. The zero-order valence-corrected chi connectivity index (χ0v) is 12.5. The first-order valence-electron chi connectivity index (χ1n) is 7.66. The topological polar surface area (TPSA) is 98.1 Å². The number of nitrogens with two attached hydrogens (primary N) is 1. The number of carbonyl (C=O) groups is 1. The van der Waals surface area contributed by atoms with Gasteiger partial charge in [-0.25, -0.2) is 4.98 Å². The highest BCUT2D eigenvalue weighted by atomic mass is 16.5. The van der Waals surface area contributed by atoms with Crippen LogP contribution in [0.2, 0.25) is 0 Å².